The minimum absolute atomic E-state index is 0.0474. The molecule has 0 aliphatic heterocycles. The molecule has 0 heterocycles. The fraction of sp³-hybridized carbons (Fsp3) is 0.857. The van der Waals surface area contributed by atoms with Gasteiger partial charge in [-0.1, -0.05) is 32.6 Å². The van der Waals surface area contributed by atoms with E-state index in [4.69, 9.17) is 4.74 Å². The summed E-state index contributed by atoms with van der Waals surface area (Å²) in [6, 6.07) is 0. The molecule has 18 heavy (non-hydrogen) atoms. The molecule has 0 radical (unpaired) electrons. The van der Waals surface area contributed by atoms with Crippen molar-refractivity contribution in [2.24, 2.45) is 0 Å². The predicted octanol–water partition coefficient (Wildman–Crippen LogP) is 3.23. The maximum atomic E-state index is 11.0. The van der Waals surface area contributed by atoms with Crippen molar-refractivity contribution in [2.75, 3.05) is 7.11 Å². The van der Waals surface area contributed by atoms with Crippen LogP contribution in [0.5, 0.6) is 0 Å². The monoisotopic (exact) mass is 258 g/mol. The van der Waals surface area contributed by atoms with E-state index in [1.54, 1.807) is 0 Å². The number of methoxy groups -OCH3 is 1. The molecule has 0 fully saturated rings. The molecule has 0 rings (SSSR count). The number of esters is 1. The van der Waals surface area contributed by atoms with Gasteiger partial charge >= 0.3 is 5.97 Å². The Labute approximate surface area is 110 Å². The molecule has 0 saturated heterocycles. The molecule has 0 bridgehead atoms. The van der Waals surface area contributed by atoms with Gasteiger partial charge in [0.1, 0.15) is 6.10 Å². The molecule has 4 nitrogen and oxygen atoms in total. The van der Waals surface area contributed by atoms with Gasteiger partial charge in [0.15, 0.2) is 0 Å². The predicted molar refractivity (Wildman–Crippen MR) is 70.2 cm³/mol. The Bertz CT molecular complexity index is 216. The van der Waals surface area contributed by atoms with Gasteiger partial charge in [0, 0.05) is 6.42 Å². The number of unbranched alkanes of at least 4 members (excludes halogenated alkanes) is 4. The van der Waals surface area contributed by atoms with Gasteiger partial charge in [0.05, 0.1) is 7.11 Å². The van der Waals surface area contributed by atoms with Crippen molar-refractivity contribution < 1.29 is 19.1 Å². The number of carbonyl (C=O) groups is 2. The molecule has 4 heteroatoms. The summed E-state index contributed by atoms with van der Waals surface area (Å²) in [4.78, 5) is 21.3. The van der Waals surface area contributed by atoms with E-state index in [9.17, 15) is 9.59 Å². The minimum atomic E-state index is -0.206. The van der Waals surface area contributed by atoms with Crippen LogP contribution in [-0.2, 0) is 19.1 Å². The lowest BCUT2D eigenvalue weighted by molar-refractivity contribution is -0.140. The Balaban J connectivity index is 3.64. The van der Waals surface area contributed by atoms with Gasteiger partial charge in [-0.05, 0) is 25.7 Å². The molecule has 1 atom stereocenters. The molecular formula is C14H26O4. The second-order valence-electron chi connectivity index (χ2n) is 4.53. The third-order valence-corrected chi connectivity index (χ3v) is 3.01. The van der Waals surface area contributed by atoms with Gasteiger partial charge in [-0.2, -0.15) is 0 Å². The van der Waals surface area contributed by atoms with Crippen LogP contribution in [0.4, 0.5) is 0 Å². The largest absolute Gasteiger partial charge is 0.469 e. The van der Waals surface area contributed by atoms with Gasteiger partial charge in [-0.25, -0.2) is 0 Å². The van der Waals surface area contributed by atoms with Gasteiger partial charge in [0.25, 0.3) is 6.47 Å². The van der Waals surface area contributed by atoms with Crippen molar-refractivity contribution >= 4 is 12.4 Å². The highest BCUT2D eigenvalue weighted by atomic mass is 16.5. The highest BCUT2D eigenvalue weighted by molar-refractivity contribution is 5.68. The molecule has 0 aromatic carbocycles. The van der Waals surface area contributed by atoms with Gasteiger partial charge in [0.2, 0.25) is 0 Å². The first-order valence-corrected chi connectivity index (χ1v) is 6.90. The van der Waals surface area contributed by atoms with Crippen LogP contribution in [0.15, 0.2) is 0 Å². The topological polar surface area (TPSA) is 52.6 Å². The average Bonchev–Trinajstić information content (AvgIpc) is 2.38. The van der Waals surface area contributed by atoms with Crippen LogP contribution in [0.3, 0.4) is 0 Å². The van der Waals surface area contributed by atoms with E-state index in [0.717, 1.165) is 19.3 Å². The van der Waals surface area contributed by atoms with Crippen molar-refractivity contribution in [3.05, 3.63) is 0 Å². The number of carbonyl (C=O) groups excluding carboxylic acids is 2. The van der Waals surface area contributed by atoms with Crippen LogP contribution >= 0.6 is 0 Å². The van der Waals surface area contributed by atoms with Crippen LogP contribution in [0.2, 0.25) is 0 Å². The van der Waals surface area contributed by atoms with Crippen LogP contribution in [0.1, 0.15) is 64.7 Å². The van der Waals surface area contributed by atoms with E-state index < -0.39 is 0 Å². The van der Waals surface area contributed by atoms with Gasteiger partial charge in [-0.3, -0.25) is 9.59 Å². The lowest BCUT2D eigenvalue weighted by Gasteiger charge is -2.14. The second kappa shape index (κ2) is 12.4. The van der Waals surface area contributed by atoms with Crippen molar-refractivity contribution in [1.82, 2.24) is 0 Å². The molecule has 0 amide bonds. The van der Waals surface area contributed by atoms with E-state index >= 15 is 0 Å². The Kier molecular flexibility index (Phi) is 11.7. The molecule has 0 aromatic rings. The third kappa shape index (κ3) is 10.1. The SMILES string of the molecule is CCCCCCCC(CCCC(=O)OC)OC=O. The van der Waals surface area contributed by atoms with E-state index in [0.29, 0.717) is 19.3 Å². The maximum absolute atomic E-state index is 11.0. The van der Waals surface area contributed by atoms with Crippen molar-refractivity contribution in [1.29, 1.82) is 0 Å². The summed E-state index contributed by atoms with van der Waals surface area (Å²) in [5.41, 5.74) is 0. The summed E-state index contributed by atoms with van der Waals surface area (Å²) < 4.78 is 9.60. The normalized spacial score (nSPS) is 11.9. The first-order chi connectivity index (χ1) is 8.74. The number of ether oxygens (including phenoxy) is 2. The summed E-state index contributed by atoms with van der Waals surface area (Å²) in [7, 11) is 1.38. The van der Waals surface area contributed by atoms with Crippen molar-refractivity contribution in [2.45, 2.75) is 70.8 Å². The Morgan fingerprint density at radius 3 is 2.39 bits per heavy atom. The summed E-state index contributed by atoms with van der Waals surface area (Å²) in [6.07, 6.45) is 8.69. The average molecular weight is 258 g/mol. The van der Waals surface area contributed by atoms with Gasteiger partial charge < -0.3 is 9.47 Å². The molecule has 0 saturated carbocycles. The molecule has 0 spiro atoms. The smallest absolute Gasteiger partial charge is 0.305 e. The molecular weight excluding hydrogens is 232 g/mol. The Morgan fingerprint density at radius 2 is 1.78 bits per heavy atom. The van der Waals surface area contributed by atoms with Crippen LogP contribution < -0.4 is 0 Å². The Hall–Kier alpha value is -1.06. The van der Waals surface area contributed by atoms with Crippen LogP contribution in [0, 0.1) is 0 Å². The molecule has 0 aliphatic carbocycles. The summed E-state index contributed by atoms with van der Waals surface area (Å²) in [5, 5.41) is 0. The van der Waals surface area contributed by atoms with E-state index in [-0.39, 0.29) is 12.1 Å². The zero-order valence-electron chi connectivity index (χ0n) is 11.7. The van der Waals surface area contributed by atoms with Crippen LogP contribution in [0.25, 0.3) is 0 Å². The van der Waals surface area contributed by atoms with Crippen molar-refractivity contribution in [3.63, 3.8) is 0 Å². The standard InChI is InChI=1S/C14H26O4/c1-3-4-5-6-7-9-13(18-12-15)10-8-11-14(16)17-2/h12-13H,3-11H2,1-2H3. The zero-order chi connectivity index (χ0) is 13.6. The fourth-order valence-electron chi connectivity index (χ4n) is 1.91. The third-order valence-electron chi connectivity index (χ3n) is 3.01. The first-order valence-electron chi connectivity index (χ1n) is 6.90. The van der Waals surface area contributed by atoms with Crippen LogP contribution in [-0.4, -0.2) is 25.7 Å². The van der Waals surface area contributed by atoms with E-state index in [1.807, 2.05) is 0 Å². The number of hydrogen-bond donors (Lipinski definition) is 0. The summed E-state index contributed by atoms with van der Waals surface area (Å²) in [5.74, 6) is -0.206. The highest BCUT2D eigenvalue weighted by Crippen LogP contribution is 2.14. The first kappa shape index (κ1) is 16.9. The summed E-state index contributed by atoms with van der Waals surface area (Å²) >= 11 is 0. The minimum Gasteiger partial charge on any atom is -0.469 e. The van der Waals surface area contributed by atoms with E-state index in [1.165, 1.54) is 32.8 Å². The lowest BCUT2D eigenvalue weighted by Crippen LogP contribution is -2.13. The second-order valence-corrected chi connectivity index (χ2v) is 4.53. The zero-order valence-corrected chi connectivity index (χ0v) is 11.7. The molecule has 106 valence electrons. The molecule has 0 aliphatic rings. The van der Waals surface area contributed by atoms with Crippen molar-refractivity contribution in [3.8, 4) is 0 Å². The molecule has 1 unspecified atom stereocenters. The lowest BCUT2D eigenvalue weighted by atomic mass is 10.0. The highest BCUT2D eigenvalue weighted by Gasteiger charge is 2.10. The van der Waals surface area contributed by atoms with E-state index in [2.05, 4.69) is 11.7 Å². The summed E-state index contributed by atoms with van der Waals surface area (Å²) in [6.45, 7) is 2.69. The maximum Gasteiger partial charge on any atom is 0.305 e. The molecule has 0 N–H and O–H groups in total. The quantitative estimate of drug-likeness (QED) is 0.306. The van der Waals surface area contributed by atoms with Gasteiger partial charge in [-0.15, -0.1) is 0 Å². The number of hydrogen-bond acceptors (Lipinski definition) is 4. The number of rotatable bonds is 12. The molecule has 0 aromatic heterocycles. The fourth-order valence-corrected chi connectivity index (χ4v) is 1.91. The Morgan fingerprint density at radius 1 is 1.11 bits per heavy atom.